The summed E-state index contributed by atoms with van der Waals surface area (Å²) in [5.74, 6) is -1.03. The Bertz CT molecular complexity index is 617. The second-order valence-corrected chi connectivity index (χ2v) is 4.64. The number of hydrogen-bond donors (Lipinski definition) is 1. The number of carboxylic acids is 1. The molecule has 1 aromatic carbocycles. The van der Waals surface area contributed by atoms with Gasteiger partial charge >= 0.3 is 5.97 Å². The lowest BCUT2D eigenvalue weighted by atomic mass is 10.1. The van der Waals surface area contributed by atoms with Gasteiger partial charge < -0.3 is 5.11 Å². The standard InChI is InChI=1S/C14H17N3O2/c1-4-5-12-13(14(18)19)15-16-17(12)11-7-6-9(2)8-10(11)3/h6-8H,4-5H2,1-3H3,(H,18,19). The van der Waals surface area contributed by atoms with E-state index in [1.54, 1.807) is 4.68 Å². The highest BCUT2D eigenvalue weighted by atomic mass is 16.4. The van der Waals surface area contributed by atoms with Crippen LogP contribution in [0.2, 0.25) is 0 Å². The smallest absolute Gasteiger partial charge is 0.358 e. The highest BCUT2D eigenvalue weighted by Crippen LogP contribution is 2.19. The molecule has 1 aromatic heterocycles. The molecule has 0 atom stereocenters. The summed E-state index contributed by atoms with van der Waals surface area (Å²) in [6.45, 7) is 6.01. The first-order valence-electron chi connectivity index (χ1n) is 6.30. The van der Waals surface area contributed by atoms with Crippen LogP contribution >= 0.6 is 0 Å². The Labute approximate surface area is 111 Å². The topological polar surface area (TPSA) is 68.0 Å². The molecule has 0 aliphatic heterocycles. The van der Waals surface area contributed by atoms with E-state index in [1.165, 1.54) is 0 Å². The number of aromatic nitrogens is 3. The van der Waals surface area contributed by atoms with Crippen LogP contribution < -0.4 is 0 Å². The Morgan fingerprint density at radius 3 is 2.68 bits per heavy atom. The molecule has 5 nitrogen and oxygen atoms in total. The Hall–Kier alpha value is -2.17. The van der Waals surface area contributed by atoms with Gasteiger partial charge in [-0.3, -0.25) is 0 Å². The van der Waals surface area contributed by atoms with E-state index >= 15 is 0 Å². The zero-order chi connectivity index (χ0) is 14.0. The number of rotatable bonds is 4. The molecule has 2 aromatic rings. The van der Waals surface area contributed by atoms with Crippen LogP contribution in [0.5, 0.6) is 0 Å². The van der Waals surface area contributed by atoms with E-state index in [0.717, 1.165) is 23.2 Å². The van der Waals surface area contributed by atoms with E-state index in [2.05, 4.69) is 10.3 Å². The van der Waals surface area contributed by atoms with Gasteiger partial charge in [-0.2, -0.15) is 0 Å². The van der Waals surface area contributed by atoms with Gasteiger partial charge in [-0.1, -0.05) is 36.3 Å². The van der Waals surface area contributed by atoms with Gasteiger partial charge in [0.25, 0.3) is 0 Å². The molecule has 0 radical (unpaired) electrons. The molecule has 2 rings (SSSR count). The number of carbonyl (C=O) groups is 1. The lowest BCUT2D eigenvalue weighted by molar-refractivity contribution is 0.0689. The highest BCUT2D eigenvalue weighted by Gasteiger charge is 2.19. The zero-order valence-corrected chi connectivity index (χ0v) is 11.3. The number of hydrogen-bond acceptors (Lipinski definition) is 3. The Kier molecular flexibility index (Phi) is 3.64. The van der Waals surface area contributed by atoms with Crippen molar-refractivity contribution in [3.05, 3.63) is 40.7 Å². The summed E-state index contributed by atoms with van der Waals surface area (Å²) in [6, 6.07) is 5.98. The quantitative estimate of drug-likeness (QED) is 0.916. The Morgan fingerprint density at radius 1 is 1.37 bits per heavy atom. The molecule has 0 aliphatic carbocycles. The maximum Gasteiger partial charge on any atom is 0.358 e. The molecule has 1 heterocycles. The molecule has 100 valence electrons. The summed E-state index contributed by atoms with van der Waals surface area (Å²) in [5, 5.41) is 16.9. The van der Waals surface area contributed by atoms with E-state index in [1.807, 2.05) is 39.0 Å². The summed E-state index contributed by atoms with van der Waals surface area (Å²) in [6.07, 6.45) is 1.49. The van der Waals surface area contributed by atoms with Crippen molar-refractivity contribution in [3.63, 3.8) is 0 Å². The normalized spacial score (nSPS) is 10.7. The predicted octanol–water partition coefficient (Wildman–Crippen LogP) is 2.53. The van der Waals surface area contributed by atoms with Crippen molar-refractivity contribution < 1.29 is 9.90 Å². The van der Waals surface area contributed by atoms with Gasteiger partial charge in [0.15, 0.2) is 5.69 Å². The summed E-state index contributed by atoms with van der Waals surface area (Å²) in [5.41, 5.74) is 3.80. The van der Waals surface area contributed by atoms with Crippen LogP contribution in [0.4, 0.5) is 0 Å². The minimum Gasteiger partial charge on any atom is -0.476 e. The molecule has 0 fully saturated rings. The van der Waals surface area contributed by atoms with Crippen LogP contribution in [0.1, 0.15) is 40.7 Å². The predicted molar refractivity (Wildman–Crippen MR) is 71.8 cm³/mol. The van der Waals surface area contributed by atoms with Crippen molar-refractivity contribution in [1.82, 2.24) is 15.0 Å². The Morgan fingerprint density at radius 2 is 2.11 bits per heavy atom. The van der Waals surface area contributed by atoms with Crippen molar-refractivity contribution in [1.29, 1.82) is 0 Å². The summed E-state index contributed by atoms with van der Waals surface area (Å²) in [7, 11) is 0. The highest BCUT2D eigenvalue weighted by molar-refractivity contribution is 5.86. The van der Waals surface area contributed by atoms with Crippen LogP contribution in [-0.2, 0) is 6.42 Å². The third-order valence-corrected chi connectivity index (χ3v) is 3.03. The molecule has 0 aliphatic rings. The molecule has 0 bridgehead atoms. The number of benzene rings is 1. The average Bonchev–Trinajstić information content (AvgIpc) is 2.73. The fourth-order valence-electron chi connectivity index (χ4n) is 2.17. The molecule has 0 amide bonds. The molecule has 0 saturated heterocycles. The lowest BCUT2D eigenvalue weighted by Crippen LogP contribution is -2.08. The van der Waals surface area contributed by atoms with Crippen molar-refractivity contribution in [3.8, 4) is 5.69 Å². The monoisotopic (exact) mass is 259 g/mol. The molecule has 0 spiro atoms. The van der Waals surface area contributed by atoms with Crippen LogP contribution in [0.3, 0.4) is 0 Å². The minimum atomic E-state index is -1.03. The maximum absolute atomic E-state index is 11.2. The number of aryl methyl sites for hydroxylation is 2. The first kappa shape index (κ1) is 13.3. The van der Waals surface area contributed by atoms with Crippen LogP contribution in [0.15, 0.2) is 18.2 Å². The molecule has 19 heavy (non-hydrogen) atoms. The third kappa shape index (κ3) is 2.50. The Balaban J connectivity index is 2.58. The van der Waals surface area contributed by atoms with Gasteiger partial charge in [0.1, 0.15) is 0 Å². The number of nitrogens with zero attached hydrogens (tertiary/aromatic N) is 3. The zero-order valence-electron chi connectivity index (χ0n) is 11.3. The molecule has 0 unspecified atom stereocenters. The summed E-state index contributed by atoms with van der Waals surface area (Å²) >= 11 is 0. The van der Waals surface area contributed by atoms with Gasteiger partial charge in [0.05, 0.1) is 11.4 Å². The molecular formula is C14H17N3O2. The largest absolute Gasteiger partial charge is 0.476 e. The number of carboxylic acid groups (broad SMARTS) is 1. The summed E-state index contributed by atoms with van der Waals surface area (Å²) < 4.78 is 1.64. The van der Waals surface area contributed by atoms with Gasteiger partial charge in [0.2, 0.25) is 0 Å². The van der Waals surface area contributed by atoms with Gasteiger partial charge in [-0.05, 0) is 31.9 Å². The van der Waals surface area contributed by atoms with Crippen LogP contribution in [0.25, 0.3) is 5.69 Å². The molecule has 0 saturated carbocycles. The maximum atomic E-state index is 11.2. The van der Waals surface area contributed by atoms with E-state index in [-0.39, 0.29) is 5.69 Å². The van der Waals surface area contributed by atoms with Crippen molar-refractivity contribution in [2.45, 2.75) is 33.6 Å². The molecule has 5 heteroatoms. The summed E-state index contributed by atoms with van der Waals surface area (Å²) in [4.78, 5) is 11.2. The van der Waals surface area contributed by atoms with Crippen molar-refractivity contribution in [2.75, 3.05) is 0 Å². The van der Waals surface area contributed by atoms with E-state index < -0.39 is 5.97 Å². The van der Waals surface area contributed by atoms with E-state index in [9.17, 15) is 4.79 Å². The minimum absolute atomic E-state index is 0.0434. The molecular weight excluding hydrogens is 242 g/mol. The second-order valence-electron chi connectivity index (χ2n) is 4.64. The van der Waals surface area contributed by atoms with Crippen molar-refractivity contribution >= 4 is 5.97 Å². The third-order valence-electron chi connectivity index (χ3n) is 3.03. The van der Waals surface area contributed by atoms with Gasteiger partial charge in [-0.15, -0.1) is 5.10 Å². The average molecular weight is 259 g/mol. The molecule has 1 N–H and O–H groups in total. The number of aromatic carboxylic acids is 1. The van der Waals surface area contributed by atoms with Crippen LogP contribution in [0, 0.1) is 13.8 Å². The first-order chi connectivity index (χ1) is 9.04. The fraction of sp³-hybridized carbons (Fsp3) is 0.357. The van der Waals surface area contributed by atoms with E-state index in [4.69, 9.17) is 5.11 Å². The lowest BCUT2D eigenvalue weighted by Gasteiger charge is -2.09. The van der Waals surface area contributed by atoms with E-state index in [0.29, 0.717) is 12.1 Å². The van der Waals surface area contributed by atoms with Gasteiger partial charge in [0, 0.05) is 0 Å². The second kappa shape index (κ2) is 5.22. The SMILES string of the molecule is CCCc1c(C(=O)O)nnn1-c1ccc(C)cc1C. The van der Waals surface area contributed by atoms with Crippen LogP contribution in [-0.4, -0.2) is 26.1 Å². The first-order valence-corrected chi connectivity index (χ1v) is 6.30. The van der Waals surface area contributed by atoms with Gasteiger partial charge in [-0.25, -0.2) is 9.48 Å². The fourth-order valence-corrected chi connectivity index (χ4v) is 2.17. The van der Waals surface area contributed by atoms with Crippen molar-refractivity contribution in [2.24, 2.45) is 0 Å².